The van der Waals surface area contributed by atoms with Crippen molar-refractivity contribution in [3.63, 3.8) is 0 Å². The zero-order chi connectivity index (χ0) is 26.3. The summed E-state index contributed by atoms with van der Waals surface area (Å²) < 4.78 is 35.2. The number of hydrogen-bond donors (Lipinski definition) is 0. The maximum atomic E-state index is 14.9. The Kier molecular flexibility index (Phi) is 14.4. The average Bonchev–Trinajstić information content (AvgIpc) is 2.93. The fourth-order valence-electron chi connectivity index (χ4n) is 6.94. The van der Waals surface area contributed by atoms with Crippen LogP contribution in [0.3, 0.4) is 0 Å². The predicted octanol–water partition coefficient (Wildman–Crippen LogP) is 11.5. The number of unbranched alkanes of at least 4 members (excludes halogenated alkanes) is 8. The van der Waals surface area contributed by atoms with E-state index in [9.17, 15) is 8.78 Å². The molecule has 0 aliphatic heterocycles. The summed E-state index contributed by atoms with van der Waals surface area (Å²) in [4.78, 5) is 0. The van der Waals surface area contributed by atoms with E-state index in [0.29, 0.717) is 12.2 Å². The van der Waals surface area contributed by atoms with Crippen LogP contribution in [0.5, 0.6) is 5.75 Å². The molecule has 0 radical (unpaired) electrons. The Morgan fingerprint density at radius 3 is 1.70 bits per heavy atom. The summed E-state index contributed by atoms with van der Waals surface area (Å²) in [5, 5.41) is 0. The summed E-state index contributed by atoms with van der Waals surface area (Å²) >= 11 is 0. The fourth-order valence-corrected chi connectivity index (χ4v) is 6.94. The number of halogens is 2. The third-order valence-electron chi connectivity index (χ3n) is 9.53. The lowest BCUT2D eigenvalue weighted by atomic mass is 9.74. The van der Waals surface area contributed by atoms with E-state index in [-0.39, 0.29) is 11.7 Å². The Bertz CT molecular complexity index is 732. The number of hydrogen-bond acceptors (Lipinski definition) is 1. The maximum Gasteiger partial charge on any atom is 0.200 e. The molecule has 0 heterocycles. The molecule has 1 nitrogen and oxygen atoms in total. The second-order valence-electron chi connectivity index (χ2n) is 12.4. The van der Waals surface area contributed by atoms with Crippen molar-refractivity contribution in [3.8, 4) is 5.75 Å². The van der Waals surface area contributed by atoms with Gasteiger partial charge < -0.3 is 4.74 Å². The van der Waals surface area contributed by atoms with Crippen molar-refractivity contribution in [2.45, 2.75) is 155 Å². The van der Waals surface area contributed by atoms with Crippen LogP contribution in [0.2, 0.25) is 0 Å². The molecule has 0 amide bonds. The van der Waals surface area contributed by atoms with Crippen molar-refractivity contribution in [2.24, 2.45) is 17.8 Å². The van der Waals surface area contributed by atoms with Crippen LogP contribution in [0.15, 0.2) is 12.1 Å². The molecule has 0 atom stereocenters. The summed E-state index contributed by atoms with van der Waals surface area (Å²) in [6.07, 6.45) is 26.9. The van der Waals surface area contributed by atoms with E-state index >= 15 is 0 Å². The van der Waals surface area contributed by atoms with E-state index in [1.165, 1.54) is 96.3 Å². The summed E-state index contributed by atoms with van der Waals surface area (Å²) in [5.74, 6) is 1.47. The van der Waals surface area contributed by atoms with Gasteiger partial charge in [0.25, 0.3) is 0 Å². The normalized spacial score (nSPS) is 24.3. The molecule has 0 aromatic heterocycles. The van der Waals surface area contributed by atoms with Crippen LogP contribution in [0, 0.1) is 29.4 Å². The second kappa shape index (κ2) is 17.5. The Morgan fingerprint density at radius 1 is 0.595 bits per heavy atom. The van der Waals surface area contributed by atoms with Gasteiger partial charge in [-0.1, -0.05) is 123 Å². The SMILES string of the molecule is CCCCCCCOc1ccc(C2CCC(CCC3CCC(CCCCCCC)CC3)CC2)c(F)c1F. The summed E-state index contributed by atoms with van der Waals surface area (Å²) in [5.41, 5.74) is 0.569. The number of benzene rings is 1. The van der Waals surface area contributed by atoms with Crippen molar-refractivity contribution >= 4 is 0 Å². The Hall–Kier alpha value is -1.12. The van der Waals surface area contributed by atoms with E-state index in [1.54, 1.807) is 12.1 Å². The molecule has 0 saturated heterocycles. The third kappa shape index (κ3) is 10.5. The standard InChI is InChI=1S/C34H56F2O/c1-3-5-7-9-11-13-27-14-16-28(17-15-27)18-19-29-20-22-30(23-21-29)31-24-25-32(34(36)33(31)35)37-26-12-10-8-6-4-2/h24-25,27-30H,3-23,26H2,1-2H3. The van der Waals surface area contributed by atoms with Crippen LogP contribution in [-0.4, -0.2) is 6.61 Å². The van der Waals surface area contributed by atoms with Gasteiger partial charge in [0.15, 0.2) is 11.6 Å². The molecule has 1 aromatic carbocycles. The Morgan fingerprint density at radius 2 is 1.11 bits per heavy atom. The molecule has 2 aliphatic rings. The van der Waals surface area contributed by atoms with E-state index in [4.69, 9.17) is 4.74 Å². The van der Waals surface area contributed by atoms with Gasteiger partial charge in [-0.25, -0.2) is 4.39 Å². The van der Waals surface area contributed by atoms with Gasteiger partial charge in [0.05, 0.1) is 6.61 Å². The highest BCUT2D eigenvalue weighted by atomic mass is 19.2. The molecule has 2 saturated carbocycles. The Labute approximate surface area is 227 Å². The van der Waals surface area contributed by atoms with E-state index in [1.807, 2.05) is 0 Å². The quantitative estimate of drug-likeness (QED) is 0.186. The lowest BCUT2D eigenvalue weighted by Gasteiger charge is -2.32. The van der Waals surface area contributed by atoms with Crippen LogP contribution in [0.4, 0.5) is 8.78 Å². The molecule has 3 rings (SSSR count). The van der Waals surface area contributed by atoms with Crippen molar-refractivity contribution in [1.29, 1.82) is 0 Å². The fraction of sp³-hybridized carbons (Fsp3) is 0.824. The van der Waals surface area contributed by atoms with Crippen LogP contribution < -0.4 is 4.74 Å². The molecule has 1 aromatic rings. The van der Waals surface area contributed by atoms with Gasteiger partial charge in [-0.15, -0.1) is 0 Å². The highest BCUT2D eigenvalue weighted by Gasteiger charge is 2.28. The van der Waals surface area contributed by atoms with Crippen molar-refractivity contribution in [1.82, 2.24) is 0 Å². The average molecular weight is 519 g/mol. The monoisotopic (exact) mass is 518 g/mol. The van der Waals surface area contributed by atoms with Gasteiger partial charge in [0.1, 0.15) is 0 Å². The first-order valence-electron chi connectivity index (χ1n) is 16.2. The topological polar surface area (TPSA) is 9.23 Å². The van der Waals surface area contributed by atoms with E-state index in [2.05, 4.69) is 13.8 Å². The molecule has 2 fully saturated rings. The van der Waals surface area contributed by atoms with Gasteiger partial charge in [-0.2, -0.15) is 4.39 Å². The summed E-state index contributed by atoms with van der Waals surface area (Å²) in [6, 6.07) is 3.45. The zero-order valence-corrected chi connectivity index (χ0v) is 24.2. The van der Waals surface area contributed by atoms with Gasteiger partial charge in [0, 0.05) is 0 Å². The largest absolute Gasteiger partial charge is 0.490 e. The van der Waals surface area contributed by atoms with Gasteiger partial charge >= 0.3 is 0 Å². The first kappa shape index (κ1) is 30.4. The maximum absolute atomic E-state index is 14.9. The Balaban J connectivity index is 1.31. The molecule has 0 spiro atoms. The molecule has 3 heteroatoms. The highest BCUT2D eigenvalue weighted by molar-refractivity contribution is 5.33. The molecule has 37 heavy (non-hydrogen) atoms. The summed E-state index contributed by atoms with van der Waals surface area (Å²) in [6.45, 7) is 4.94. The first-order chi connectivity index (χ1) is 18.1. The molecule has 212 valence electrons. The molecule has 2 aliphatic carbocycles. The van der Waals surface area contributed by atoms with Crippen LogP contribution in [-0.2, 0) is 0 Å². The van der Waals surface area contributed by atoms with Gasteiger partial charge in [-0.05, 0) is 67.4 Å². The number of rotatable bonds is 17. The van der Waals surface area contributed by atoms with E-state index < -0.39 is 11.6 Å². The lowest BCUT2D eigenvalue weighted by Crippen LogP contribution is -2.18. The molecular weight excluding hydrogens is 462 g/mol. The zero-order valence-electron chi connectivity index (χ0n) is 24.2. The molecule has 0 unspecified atom stereocenters. The second-order valence-corrected chi connectivity index (χ2v) is 12.4. The first-order valence-corrected chi connectivity index (χ1v) is 16.2. The smallest absolute Gasteiger partial charge is 0.200 e. The number of ether oxygens (including phenoxy) is 1. The van der Waals surface area contributed by atoms with Crippen molar-refractivity contribution in [2.75, 3.05) is 6.61 Å². The predicted molar refractivity (Wildman–Crippen MR) is 153 cm³/mol. The van der Waals surface area contributed by atoms with Crippen LogP contribution in [0.25, 0.3) is 0 Å². The lowest BCUT2D eigenvalue weighted by molar-refractivity contribution is 0.221. The molecule has 0 bridgehead atoms. The molecular formula is C34H56F2O. The highest BCUT2D eigenvalue weighted by Crippen LogP contribution is 2.42. The van der Waals surface area contributed by atoms with Crippen LogP contribution >= 0.6 is 0 Å². The third-order valence-corrected chi connectivity index (χ3v) is 9.53. The van der Waals surface area contributed by atoms with Gasteiger partial charge in [0.2, 0.25) is 5.82 Å². The van der Waals surface area contributed by atoms with Crippen molar-refractivity contribution in [3.05, 3.63) is 29.3 Å². The van der Waals surface area contributed by atoms with E-state index in [0.717, 1.165) is 56.3 Å². The minimum atomic E-state index is -0.787. The van der Waals surface area contributed by atoms with Crippen LogP contribution in [0.1, 0.15) is 160 Å². The minimum absolute atomic E-state index is 0.0802. The summed E-state index contributed by atoms with van der Waals surface area (Å²) in [7, 11) is 0. The minimum Gasteiger partial charge on any atom is -0.490 e. The molecule has 0 N–H and O–H groups in total. The van der Waals surface area contributed by atoms with Crippen molar-refractivity contribution < 1.29 is 13.5 Å². The van der Waals surface area contributed by atoms with Gasteiger partial charge in [-0.3, -0.25) is 0 Å².